The summed E-state index contributed by atoms with van der Waals surface area (Å²) in [5.74, 6) is -0.351. The van der Waals surface area contributed by atoms with Crippen LogP contribution in [-0.4, -0.2) is 36.6 Å². The van der Waals surface area contributed by atoms with E-state index in [1.807, 2.05) is 24.3 Å². The standard InChI is InChI=1S/C16H19ClN2O3/c1-21-10-16(15(18)20)7-4-8-19(16)9-12-11-5-2-3-6-13(11)22-14(12)17/h2-3,5-6H,4,7-10H2,1H3,(H2,18,20). The Kier molecular flexibility index (Phi) is 4.12. The second kappa shape index (κ2) is 5.91. The molecule has 1 saturated heterocycles. The Morgan fingerprint density at radius 1 is 1.50 bits per heavy atom. The number of carbonyl (C=O) groups is 1. The molecular formula is C16H19ClN2O3. The summed E-state index contributed by atoms with van der Waals surface area (Å²) < 4.78 is 10.8. The molecule has 0 aliphatic carbocycles. The predicted octanol–water partition coefficient (Wildman–Crippen LogP) is 2.55. The molecule has 6 heteroatoms. The smallest absolute Gasteiger partial charge is 0.240 e. The minimum Gasteiger partial charge on any atom is -0.444 e. The van der Waals surface area contributed by atoms with Gasteiger partial charge in [-0.1, -0.05) is 18.2 Å². The van der Waals surface area contributed by atoms with E-state index >= 15 is 0 Å². The number of ether oxygens (including phenoxy) is 1. The number of rotatable bonds is 5. The lowest BCUT2D eigenvalue weighted by molar-refractivity contribution is -0.132. The highest BCUT2D eigenvalue weighted by Gasteiger charge is 2.46. The third kappa shape index (κ3) is 2.39. The van der Waals surface area contributed by atoms with Crippen molar-refractivity contribution in [1.82, 2.24) is 4.90 Å². The quantitative estimate of drug-likeness (QED) is 0.918. The third-order valence-corrected chi connectivity index (χ3v) is 4.77. The van der Waals surface area contributed by atoms with Gasteiger partial charge in [-0.05, 0) is 37.1 Å². The molecule has 0 saturated carbocycles. The van der Waals surface area contributed by atoms with Crippen LogP contribution in [0.25, 0.3) is 11.0 Å². The summed E-state index contributed by atoms with van der Waals surface area (Å²) in [5, 5.41) is 1.33. The van der Waals surface area contributed by atoms with Gasteiger partial charge in [-0.3, -0.25) is 9.69 Å². The summed E-state index contributed by atoms with van der Waals surface area (Å²) in [6.07, 6.45) is 1.60. The van der Waals surface area contributed by atoms with Crippen LogP contribution < -0.4 is 5.73 Å². The van der Waals surface area contributed by atoms with Gasteiger partial charge in [-0.15, -0.1) is 0 Å². The van der Waals surface area contributed by atoms with Gasteiger partial charge in [-0.2, -0.15) is 0 Å². The zero-order chi connectivity index (χ0) is 15.7. The number of likely N-dealkylation sites (tertiary alicyclic amines) is 1. The third-order valence-electron chi connectivity index (χ3n) is 4.46. The second-order valence-electron chi connectivity index (χ2n) is 5.70. The fourth-order valence-corrected chi connectivity index (χ4v) is 3.57. The zero-order valence-corrected chi connectivity index (χ0v) is 13.2. The lowest BCUT2D eigenvalue weighted by Crippen LogP contribution is -2.56. The first-order valence-corrected chi connectivity index (χ1v) is 7.66. The van der Waals surface area contributed by atoms with Crippen LogP contribution in [0.15, 0.2) is 28.7 Å². The van der Waals surface area contributed by atoms with E-state index in [9.17, 15) is 4.79 Å². The molecule has 1 amide bonds. The molecule has 1 aliphatic rings. The van der Waals surface area contributed by atoms with E-state index in [0.717, 1.165) is 29.5 Å². The van der Waals surface area contributed by atoms with Gasteiger partial charge in [0.2, 0.25) is 5.91 Å². The van der Waals surface area contributed by atoms with E-state index in [-0.39, 0.29) is 12.5 Å². The van der Waals surface area contributed by atoms with Gasteiger partial charge < -0.3 is 14.9 Å². The van der Waals surface area contributed by atoms with Gasteiger partial charge in [-0.25, -0.2) is 0 Å². The number of fused-ring (bicyclic) bond motifs is 1. The highest BCUT2D eigenvalue weighted by Crippen LogP contribution is 2.36. The molecule has 3 rings (SSSR count). The van der Waals surface area contributed by atoms with Crippen LogP contribution in [0.3, 0.4) is 0 Å². The maximum Gasteiger partial charge on any atom is 0.240 e. The van der Waals surface area contributed by atoms with Crippen LogP contribution in [0.1, 0.15) is 18.4 Å². The van der Waals surface area contributed by atoms with E-state index in [1.54, 1.807) is 7.11 Å². The van der Waals surface area contributed by atoms with E-state index in [1.165, 1.54) is 0 Å². The van der Waals surface area contributed by atoms with Crippen LogP contribution in [0, 0.1) is 0 Å². The van der Waals surface area contributed by atoms with Gasteiger partial charge in [0, 0.05) is 24.6 Å². The minimum atomic E-state index is -0.767. The molecule has 22 heavy (non-hydrogen) atoms. The van der Waals surface area contributed by atoms with Crippen molar-refractivity contribution in [1.29, 1.82) is 0 Å². The summed E-state index contributed by atoms with van der Waals surface area (Å²) in [6.45, 7) is 1.58. The molecule has 118 valence electrons. The topological polar surface area (TPSA) is 68.7 Å². The SMILES string of the molecule is COCC1(C(N)=O)CCCN1Cc1c(Cl)oc2ccccc12. The average molecular weight is 323 g/mol. The molecule has 1 atom stereocenters. The number of methoxy groups -OCH3 is 1. The summed E-state index contributed by atoms with van der Waals surface area (Å²) in [6, 6.07) is 7.70. The Morgan fingerprint density at radius 2 is 2.27 bits per heavy atom. The van der Waals surface area contributed by atoms with Crippen molar-refractivity contribution in [2.45, 2.75) is 24.9 Å². The molecule has 1 fully saturated rings. The van der Waals surface area contributed by atoms with Crippen molar-refractivity contribution in [3.8, 4) is 0 Å². The molecule has 2 aromatic rings. The first kappa shape index (κ1) is 15.3. The van der Waals surface area contributed by atoms with Crippen LogP contribution in [0.2, 0.25) is 5.22 Å². The first-order chi connectivity index (χ1) is 10.6. The molecule has 0 bridgehead atoms. The largest absolute Gasteiger partial charge is 0.444 e. The fourth-order valence-electron chi connectivity index (χ4n) is 3.32. The highest BCUT2D eigenvalue weighted by molar-refractivity contribution is 6.30. The van der Waals surface area contributed by atoms with Crippen LogP contribution in [0.5, 0.6) is 0 Å². The predicted molar refractivity (Wildman–Crippen MR) is 84.7 cm³/mol. The van der Waals surface area contributed by atoms with Gasteiger partial charge in [0.25, 0.3) is 0 Å². The van der Waals surface area contributed by atoms with Crippen molar-refractivity contribution in [3.05, 3.63) is 35.0 Å². The second-order valence-corrected chi connectivity index (χ2v) is 6.05. The summed E-state index contributed by atoms with van der Waals surface area (Å²) in [5.41, 5.74) is 6.54. The van der Waals surface area contributed by atoms with E-state index in [0.29, 0.717) is 18.2 Å². The number of benzene rings is 1. The number of primary amides is 1. The molecule has 2 N–H and O–H groups in total. The lowest BCUT2D eigenvalue weighted by atomic mass is 9.95. The number of furan rings is 1. The Morgan fingerprint density at radius 3 is 3.00 bits per heavy atom. The summed E-state index contributed by atoms with van der Waals surface area (Å²) >= 11 is 6.26. The number of nitrogens with zero attached hydrogens (tertiary/aromatic N) is 1. The highest BCUT2D eigenvalue weighted by atomic mass is 35.5. The first-order valence-electron chi connectivity index (χ1n) is 7.28. The Labute approximate surface area is 133 Å². The number of hydrogen-bond acceptors (Lipinski definition) is 4. The lowest BCUT2D eigenvalue weighted by Gasteiger charge is -2.35. The number of para-hydroxylation sites is 1. The molecule has 1 unspecified atom stereocenters. The number of amides is 1. The molecule has 0 spiro atoms. The number of halogens is 1. The minimum absolute atomic E-state index is 0.287. The van der Waals surface area contributed by atoms with Gasteiger partial charge in [0.05, 0.1) is 6.61 Å². The van der Waals surface area contributed by atoms with Crippen LogP contribution >= 0.6 is 11.6 Å². The van der Waals surface area contributed by atoms with E-state index in [2.05, 4.69) is 4.90 Å². The molecule has 2 heterocycles. The van der Waals surface area contributed by atoms with Crippen molar-refractivity contribution in [3.63, 3.8) is 0 Å². The molecular weight excluding hydrogens is 304 g/mol. The van der Waals surface area contributed by atoms with Crippen molar-refractivity contribution < 1.29 is 13.9 Å². The molecule has 1 aliphatic heterocycles. The van der Waals surface area contributed by atoms with Crippen LogP contribution in [0.4, 0.5) is 0 Å². The Bertz CT molecular complexity index is 700. The van der Waals surface area contributed by atoms with Crippen LogP contribution in [-0.2, 0) is 16.1 Å². The maximum atomic E-state index is 12.0. The van der Waals surface area contributed by atoms with E-state index < -0.39 is 5.54 Å². The average Bonchev–Trinajstić information content (AvgIpc) is 3.03. The number of nitrogens with two attached hydrogens (primary N) is 1. The monoisotopic (exact) mass is 322 g/mol. The molecule has 1 aromatic carbocycles. The van der Waals surface area contributed by atoms with E-state index in [4.69, 9.17) is 26.5 Å². The van der Waals surface area contributed by atoms with Gasteiger partial charge in [0.1, 0.15) is 11.1 Å². The molecule has 5 nitrogen and oxygen atoms in total. The maximum absolute atomic E-state index is 12.0. The normalized spacial score (nSPS) is 22.5. The van der Waals surface area contributed by atoms with Gasteiger partial charge >= 0.3 is 0 Å². The molecule has 1 aromatic heterocycles. The summed E-state index contributed by atoms with van der Waals surface area (Å²) in [4.78, 5) is 14.1. The Balaban J connectivity index is 1.96. The fraction of sp³-hybridized carbons (Fsp3) is 0.438. The Hall–Kier alpha value is -1.56. The number of hydrogen-bond donors (Lipinski definition) is 1. The van der Waals surface area contributed by atoms with Crippen molar-refractivity contribution in [2.75, 3.05) is 20.3 Å². The number of carbonyl (C=O) groups excluding carboxylic acids is 1. The van der Waals surface area contributed by atoms with Crippen molar-refractivity contribution in [2.24, 2.45) is 5.73 Å². The summed E-state index contributed by atoms with van der Waals surface area (Å²) in [7, 11) is 1.58. The van der Waals surface area contributed by atoms with Crippen molar-refractivity contribution >= 4 is 28.5 Å². The zero-order valence-electron chi connectivity index (χ0n) is 12.5. The molecule has 0 radical (unpaired) electrons. The van der Waals surface area contributed by atoms with Gasteiger partial charge in [0.15, 0.2) is 5.22 Å².